The standard InChI is InChI=1S/C13H22N4/c1-10-9-16(3)6-7-17(10)12-4-5-13(11(2)14)15-8-12/h4-5,8,10-11H,6-7,9,14H2,1-3H3/t10?,11-/m0/s1. The Kier molecular flexibility index (Phi) is 3.64. The van der Waals surface area contributed by atoms with Crippen molar-refractivity contribution in [2.24, 2.45) is 5.73 Å². The molecule has 2 rings (SSSR count). The molecule has 1 aromatic heterocycles. The zero-order valence-corrected chi connectivity index (χ0v) is 10.9. The Morgan fingerprint density at radius 1 is 1.41 bits per heavy atom. The van der Waals surface area contributed by atoms with Crippen LogP contribution >= 0.6 is 0 Å². The van der Waals surface area contributed by atoms with Gasteiger partial charge in [-0.1, -0.05) is 0 Å². The van der Waals surface area contributed by atoms with Crippen LogP contribution in [0.3, 0.4) is 0 Å². The molecule has 0 aliphatic carbocycles. The van der Waals surface area contributed by atoms with E-state index in [4.69, 9.17) is 5.73 Å². The molecule has 0 amide bonds. The fourth-order valence-corrected chi connectivity index (χ4v) is 2.36. The first kappa shape index (κ1) is 12.3. The van der Waals surface area contributed by atoms with Crippen molar-refractivity contribution < 1.29 is 0 Å². The van der Waals surface area contributed by atoms with Gasteiger partial charge < -0.3 is 15.5 Å². The molecule has 17 heavy (non-hydrogen) atoms. The highest BCUT2D eigenvalue weighted by atomic mass is 15.3. The zero-order chi connectivity index (χ0) is 12.4. The summed E-state index contributed by atoms with van der Waals surface area (Å²) in [7, 11) is 2.17. The van der Waals surface area contributed by atoms with Crippen LogP contribution in [0.2, 0.25) is 0 Å². The normalized spacial score (nSPS) is 23.8. The number of nitrogens with zero attached hydrogens (tertiary/aromatic N) is 3. The second-order valence-electron chi connectivity index (χ2n) is 5.03. The number of hydrogen-bond donors (Lipinski definition) is 1. The van der Waals surface area contributed by atoms with E-state index in [0.717, 1.165) is 25.3 Å². The summed E-state index contributed by atoms with van der Waals surface area (Å²) in [6, 6.07) is 4.71. The SMILES string of the molecule is CC1CN(C)CCN1c1ccc([C@H](C)N)nc1. The van der Waals surface area contributed by atoms with Crippen molar-refractivity contribution in [1.29, 1.82) is 0 Å². The van der Waals surface area contributed by atoms with Gasteiger partial charge in [0.25, 0.3) is 0 Å². The van der Waals surface area contributed by atoms with Gasteiger partial charge >= 0.3 is 0 Å². The van der Waals surface area contributed by atoms with Crippen molar-refractivity contribution in [3.63, 3.8) is 0 Å². The summed E-state index contributed by atoms with van der Waals surface area (Å²) in [5.41, 5.74) is 7.96. The van der Waals surface area contributed by atoms with Crippen molar-refractivity contribution in [1.82, 2.24) is 9.88 Å². The molecule has 1 aliphatic rings. The van der Waals surface area contributed by atoms with Gasteiger partial charge in [0.2, 0.25) is 0 Å². The van der Waals surface area contributed by atoms with Crippen LogP contribution in [0.1, 0.15) is 25.6 Å². The number of piperazine rings is 1. The quantitative estimate of drug-likeness (QED) is 0.836. The number of pyridine rings is 1. The van der Waals surface area contributed by atoms with Gasteiger partial charge in [0.1, 0.15) is 0 Å². The number of hydrogen-bond acceptors (Lipinski definition) is 4. The van der Waals surface area contributed by atoms with Gasteiger partial charge in [-0.2, -0.15) is 0 Å². The first-order valence-corrected chi connectivity index (χ1v) is 6.24. The maximum atomic E-state index is 5.80. The van der Waals surface area contributed by atoms with E-state index in [1.807, 2.05) is 19.2 Å². The lowest BCUT2D eigenvalue weighted by Gasteiger charge is -2.39. The van der Waals surface area contributed by atoms with E-state index in [1.54, 1.807) is 0 Å². The second kappa shape index (κ2) is 5.02. The molecule has 1 unspecified atom stereocenters. The summed E-state index contributed by atoms with van der Waals surface area (Å²) in [6.07, 6.45) is 1.94. The van der Waals surface area contributed by atoms with Gasteiger partial charge in [-0.3, -0.25) is 4.98 Å². The van der Waals surface area contributed by atoms with Crippen LogP contribution in [0.25, 0.3) is 0 Å². The molecule has 1 fully saturated rings. The van der Waals surface area contributed by atoms with Crippen LogP contribution < -0.4 is 10.6 Å². The third-order valence-corrected chi connectivity index (χ3v) is 3.40. The summed E-state index contributed by atoms with van der Waals surface area (Å²) >= 11 is 0. The Morgan fingerprint density at radius 3 is 2.71 bits per heavy atom. The summed E-state index contributed by atoms with van der Waals surface area (Å²) < 4.78 is 0. The molecule has 4 nitrogen and oxygen atoms in total. The van der Waals surface area contributed by atoms with Gasteiger partial charge in [0, 0.05) is 31.7 Å². The topological polar surface area (TPSA) is 45.4 Å². The largest absolute Gasteiger partial charge is 0.365 e. The molecule has 0 radical (unpaired) electrons. The molecule has 1 aromatic rings. The van der Waals surface area contributed by atoms with E-state index >= 15 is 0 Å². The minimum Gasteiger partial charge on any atom is -0.365 e. The molecule has 2 atom stereocenters. The third kappa shape index (κ3) is 2.76. The van der Waals surface area contributed by atoms with Crippen LogP contribution in [0.15, 0.2) is 18.3 Å². The lowest BCUT2D eigenvalue weighted by Crippen LogP contribution is -2.50. The second-order valence-corrected chi connectivity index (χ2v) is 5.03. The number of aromatic nitrogens is 1. The predicted molar refractivity (Wildman–Crippen MR) is 71.1 cm³/mol. The molecular formula is C13H22N4. The minimum atomic E-state index is 0.00830. The van der Waals surface area contributed by atoms with E-state index < -0.39 is 0 Å². The Labute approximate surface area is 103 Å². The third-order valence-electron chi connectivity index (χ3n) is 3.40. The molecule has 94 valence electrons. The first-order valence-electron chi connectivity index (χ1n) is 6.24. The van der Waals surface area contributed by atoms with E-state index in [1.165, 1.54) is 5.69 Å². The van der Waals surface area contributed by atoms with Gasteiger partial charge in [-0.15, -0.1) is 0 Å². The van der Waals surface area contributed by atoms with Crippen molar-refractivity contribution in [3.05, 3.63) is 24.0 Å². The van der Waals surface area contributed by atoms with Crippen LogP contribution in [0.5, 0.6) is 0 Å². The van der Waals surface area contributed by atoms with Gasteiger partial charge in [-0.05, 0) is 33.0 Å². The minimum absolute atomic E-state index is 0.00830. The highest BCUT2D eigenvalue weighted by molar-refractivity contribution is 5.46. The smallest absolute Gasteiger partial charge is 0.0569 e. The molecule has 2 heterocycles. The van der Waals surface area contributed by atoms with Crippen molar-refractivity contribution in [2.45, 2.75) is 25.9 Å². The van der Waals surface area contributed by atoms with Crippen molar-refractivity contribution >= 4 is 5.69 Å². The van der Waals surface area contributed by atoms with E-state index in [0.29, 0.717) is 6.04 Å². The summed E-state index contributed by atoms with van der Waals surface area (Å²) in [4.78, 5) is 9.21. The lowest BCUT2D eigenvalue weighted by atomic mass is 10.1. The lowest BCUT2D eigenvalue weighted by molar-refractivity contribution is 0.275. The fraction of sp³-hybridized carbons (Fsp3) is 0.615. The van der Waals surface area contributed by atoms with Gasteiger partial charge in [0.05, 0.1) is 17.6 Å². The number of likely N-dealkylation sites (N-methyl/N-ethyl adjacent to an activating group) is 1. The Balaban J connectivity index is 2.11. The van der Waals surface area contributed by atoms with Crippen LogP contribution in [-0.4, -0.2) is 42.6 Å². The fourth-order valence-electron chi connectivity index (χ4n) is 2.36. The number of nitrogens with two attached hydrogens (primary N) is 1. The molecule has 1 saturated heterocycles. The van der Waals surface area contributed by atoms with Crippen molar-refractivity contribution in [2.75, 3.05) is 31.6 Å². The van der Waals surface area contributed by atoms with Crippen molar-refractivity contribution in [3.8, 4) is 0 Å². The van der Waals surface area contributed by atoms with Crippen LogP contribution in [0, 0.1) is 0 Å². The summed E-state index contributed by atoms with van der Waals surface area (Å²) in [5.74, 6) is 0. The summed E-state index contributed by atoms with van der Waals surface area (Å²) in [6.45, 7) is 7.50. The Hall–Kier alpha value is -1.13. The first-order chi connectivity index (χ1) is 8.08. The predicted octanol–water partition coefficient (Wildman–Crippen LogP) is 1.24. The highest BCUT2D eigenvalue weighted by Crippen LogP contribution is 2.20. The van der Waals surface area contributed by atoms with Crippen LogP contribution in [0.4, 0.5) is 5.69 Å². The molecule has 0 saturated carbocycles. The van der Waals surface area contributed by atoms with E-state index in [2.05, 4.69) is 34.8 Å². The van der Waals surface area contributed by atoms with E-state index in [-0.39, 0.29) is 6.04 Å². The maximum Gasteiger partial charge on any atom is 0.0569 e. The summed E-state index contributed by atoms with van der Waals surface area (Å²) in [5, 5.41) is 0. The molecule has 0 aromatic carbocycles. The average Bonchev–Trinajstić information content (AvgIpc) is 2.29. The number of anilines is 1. The Bertz CT molecular complexity index is 360. The molecule has 0 spiro atoms. The monoisotopic (exact) mass is 234 g/mol. The average molecular weight is 234 g/mol. The van der Waals surface area contributed by atoms with Gasteiger partial charge in [0.15, 0.2) is 0 Å². The van der Waals surface area contributed by atoms with Crippen LogP contribution in [-0.2, 0) is 0 Å². The number of rotatable bonds is 2. The van der Waals surface area contributed by atoms with E-state index in [9.17, 15) is 0 Å². The van der Waals surface area contributed by atoms with Gasteiger partial charge in [-0.25, -0.2) is 0 Å². The molecule has 4 heteroatoms. The molecule has 1 aliphatic heterocycles. The molecule has 0 bridgehead atoms. The molecule has 2 N–H and O–H groups in total. The highest BCUT2D eigenvalue weighted by Gasteiger charge is 2.21. The zero-order valence-electron chi connectivity index (χ0n) is 10.9. The molecular weight excluding hydrogens is 212 g/mol. The maximum absolute atomic E-state index is 5.80. The Morgan fingerprint density at radius 2 is 2.18 bits per heavy atom.